The fraction of sp³-hybridized carbons (Fsp3) is 0.0500. The minimum atomic E-state index is 0.295. The van der Waals surface area contributed by atoms with E-state index in [1.54, 1.807) is 0 Å². The molecule has 0 amide bonds. The molecule has 8 rings (SSSR count). The molecule has 0 aliphatic rings. The molecule has 41 heavy (non-hydrogen) atoms. The molecule has 0 fully saturated rings. The van der Waals surface area contributed by atoms with Crippen LogP contribution in [0.4, 0.5) is 0 Å². The Balaban J connectivity index is 1.07. The third kappa shape index (κ3) is 4.01. The Morgan fingerprint density at radius 3 is 1.85 bits per heavy atom. The normalized spacial score (nSPS) is 12.4. The van der Waals surface area contributed by atoms with Crippen molar-refractivity contribution in [1.29, 1.82) is 0 Å². The molecule has 1 unspecified atom stereocenters. The molecule has 0 aliphatic carbocycles. The van der Waals surface area contributed by atoms with Gasteiger partial charge in [0, 0.05) is 22.3 Å². The van der Waals surface area contributed by atoms with Crippen molar-refractivity contribution in [3.63, 3.8) is 0 Å². The van der Waals surface area contributed by atoms with Crippen LogP contribution in [0.25, 0.3) is 65.7 Å². The van der Waals surface area contributed by atoms with Crippen LogP contribution >= 0.6 is 0 Å². The monoisotopic (exact) mass is 524 g/mol. The topological polar surface area (TPSA) is 13.1 Å². The van der Waals surface area contributed by atoms with Crippen LogP contribution in [0.5, 0.6) is 0 Å². The molecule has 1 aromatic heterocycles. The van der Waals surface area contributed by atoms with E-state index in [4.69, 9.17) is 4.42 Å². The van der Waals surface area contributed by atoms with Gasteiger partial charge in [-0.25, -0.2) is 0 Å². The molecule has 0 radical (unpaired) electrons. The summed E-state index contributed by atoms with van der Waals surface area (Å²) in [4.78, 5) is 0. The van der Waals surface area contributed by atoms with Crippen LogP contribution in [0.2, 0.25) is 0 Å². The summed E-state index contributed by atoms with van der Waals surface area (Å²) in [7, 11) is 0. The van der Waals surface area contributed by atoms with Crippen molar-refractivity contribution >= 4 is 43.5 Å². The van der Waals surface area contributed by atoms with Crippen LogP contribution in [0, 0.1) is 0 Å². The Hall–Kier alpha value is -5.14. The molecule has 8 aromatic rings. The number of rotatable bonds is 4. The van der Waals surface area contributed by atoms with Crippen LogP contribution in [0.15, 0.2) is 150 Å². The maximum atomic E-state index is 6.28. The number of hydrogen-bond acceptors (Lipinski definition) is 1. The lowest BCUT2D eigenvalue weighted by Crippen LogP contribution is -1.96. The fourth-order valence-corrected chi connectivity index (χ4v) is 6.28. The second kappa shape index (κ2) is 9.50. The van der Waals surface area contributed by atoms with Gasteiger partial charge < -0.3 is 4.42 Å². The average Bonchev–Trinajstić information content (AvgIpc) is 3.43. The molecular weight excluding hydrogens is 496 g/mol. The molecule has 1 nitrogen and oxygen atoms in total. The first-order chi connectivity index (χ1) is 20.2. The zero-order chi connectivity index (χ0) is 27.3. The molecule has 194 valence electrons. The molecule has 0 aliphatic heterocycles. The van der Waals surface area contributed by atoms with Gasteiger partial charge in [-0.2, -0.15) is 0 Å². The van der Waals surface area contributed by atoms with E-state index in [2.05, 4.69) is 140 Å². The highest BCUT2D eigenvalue weighted by Gasteiger charge is 2.14. The van der Waals surface area contributed by atoms with Gasteiger partial charge in [-0.3, -0.25) is 0 Å². The van der Waals surface area contributed by atoms with Crippen molar-refractivity contribution in [3.05, 3.63) is 157 Å². The van der Waals surface area contributed by atoms with Crippen molar-refractivity contribution in [2.75, 3.05) is 0 Å². The summed E-state index contributed by atoms with van der Waals surface area (Å²) >= 11 is 0. The van der Waals surface area contributed by atoms with E-state index in [0.29, 0.717) is 5.92 Å². The summed E-state index contributed by atoms with van der Waals surface area (Å²) in [6.07, 6.45) is 0. The maximum Gasteiger partial charge on any atom is 0.143 e. The molecule has 0 spiro atoms. The third-order valence-electron chi connectivity index (χ3n) is 8.61. The van der Waals surface area contributed by atoms with Gasteiger partial charge in [-0.05, 0) is 61.5 Å². The van der Waals surface area contributed by atoms with E-state index in [0.717, 1.165) is 27.5 Å². The van der Waals surface area contributed by atoms with Gasteiger partial charge in [-0.15, -0.1) is 0 Å². The molecule has 0 saturated carbocycles. The predicted molar refractivity (Wildman–Crippen MR) is 174 cm³/mol. The Kier molecular flexibility index (Phi) is 5.50. The minimum absolute atomic E-state index is 0.295. The summed E-state index contributed by atoms with van der Waals surface area (Å²) in [5.74, 6) is 0.295. The molecule has 1 heteroatoms. The quantitative estimate of drug-likeness (QED) is 0.209. The second-order valence-electron chi connectivity index (χ2n) is 11.0. The van der Waals surface area contributed by atoms with Gasteiger partial charge in [0.25, 0.3) is 0 Å². The van der Waals surface area contributed by atoms with Gasteiger partial charge in [0.15, 0.2) is 0 Å². The highest BCUT2D eigenvalue weighted by Crippen LogP contribution is 2.37. The van der Waals surface area contributed by atoms with Gasteiger partial charge >= 0.3 is 0 Å². The van der Waals surface area contributed by atoms with Crippen LogP contribution in [0.1, 0.15) is 24.0 Å². The highest BCUT2D eigenvalue weighted by molar-refractivity contribution is 6.10. The van der Waals surface area contributed by atoms with Crippen molar-refractivity contribution in [1.82, 2.24) is 0 Å². The van der Waals surface area contributed by atoms with Crippen molar-refractivity contribution in [3.8, 4) is 22.3 Å². The van der Waals surface area contributed by atoms with Crippen LogP contribution in [0.3, 0.4) is 0 Å². The standard InChI is InChI=1S/C40H28O/c1-26(28-15-19-31(20-16-28)36-10-6-11-38-37-9-4-5-12-39(37)41-40(36)38)27-13-17-29(18-14-27)32-23-24-35-33(25-32)22-21-30-7-2-3-8-34(30)35/h2-26H,1H3. The molecular formula is C40H28O. The Labute approximate surface area is 239 Å². The molecule has 7 aromatic carbocycles. The summed E-state index contributed by atoms with van der Waals surface area (Å²) in [5, 5.41) is 7.49. The zero-order valence-corrected chi connectivity index (χ0v) is 22.8. The second-order valence-corrected chi connectivity index (χ2v) is 11.0. The Bertz CT molecular complexity index is 2200. The fourth-order valence-electron chi connectivity index (χ4n) is 6.28. The summed E-state index contributed by atoms with van der Waals surface area (Å²) in [5.41, 5.74) is 9.29. The van der Waals surface area contributed by atoms with E-state index >= 15 is 0 Å². The van der Waals surface area contributed by atoms with Crippen molar-refractivity contribution in [2.24, 2.45) is 0 Å². The Morgan fingerprint density at radius 1 is 0.439 bits per heavy atom. The molecule has 0 N–H and O–H groups in total. The van der Waals surface area contributed by atoms with Crippen molar-refractivity contribution in [2.45, 2.75) is 12.8 Å². The lowest BCUT2D eigenvalue weighted by molar-refractivity contribution is 0.670. The minimum Gasteiger partial charge on any atom is -0.455 e. The summed E-state index contributed by atoms with van der Waals surface area (Å²) in [6.45, 7) is 2.28. The Morgan fingerprint density at radius 2 is 1.05 bits per heavy atom. The number of para-hydroxylation sites is 2. The number of fused-ring (bicyclic) bond motifs is 6. The van der Waals surface area contributed by atoms with E-state index in [1.807, 2.05) is 12.1 Å². The number of furan rings is 1. The molecule has 0 bridgehead atoms. The van der Waals surface area contributed by atoms with Crippen LogP contribution in [-0.4, -0.2) is 0 Å². The lowest BCUT2D eigenvalue weighted by atomic mass is 9.90. The van der Waals surface area contributed by atoms with Gasteiger partial charge in [0.1, 0.15) is 11.2 Å². The third-order valence-corrected chi connectivity index (χ3v) is 8.61. The predicted octanol–water partition coefficient (Wildman–Crippen LogP) is 11.4. The van der Waals surface area contributed by atoms with E-state index in [1.165, 1.54) is 49.4 Å². The summed E-state index contributed by atoms with van der Waals surface area (Å²) < 4.78 is 6.28. The van der Waals surface area contributed by atoms with Crippen LogP contribution < -0.4 is 0 Å². The van der Waals surface area contributed by atoms with E-state index in [9.17, 15) is 0 Å². The molecule has 1 heterocycles. The first kappa shape index (κ1) is 23.7. The lowest BCUT2D eigenvalue weighted by Gasteiger charge is -2.14. The zero-order valence-electron chi connectivity index (χ0n) is 22.8. The number of benzene rings is 7. The van der Waals surface area contributed by atoms with Crippen molar-refractivity contribution < 1.29 is 4.42 Å². The average molecular weight is 525 g/mol. The largest absolute Gasteiger partial charge is 0.455 e. The van der Waals surface area contributed by atoms with E-state index in [-0.39, 0.29) is 0 Å². The smallest absolute Gasteiger partial charge is 0.143 e. The van der Waals surface area contributed by atoms with Crippen LogP contribution in [-0.2, 0) is 0 Å². The highest BCUT2D eigenvalue weighted by atomic mass is 16.3. The summed E-state index contributed by atoms with van der Waals surface area (Å²) in [6, 6.07) is 52.5. The molecule has 1 atom stereocenters. The molecule has 0 saturated heterocycles. The number of hydrogen-bond donors (Lipinski definition) is 0. The maximum absolute atomic E-state index is 6.28. The first-order valence-corrected chi connectivity index (χ1v) is 14.3. The van der Waals surface area contributed by atoms with Gasteiger partial charge in [-0.1, -0.05) is 140 Å². The van der Waals surface area contributed by atoms with Gasteiger partial charge in [0.05, 0.1) is 0 Å². The first-order valence-electron chi connectivity index (χ1n) is 14.3. The SMILES string of the molecule is CC(c1ccc(-c2ccc3c(ccc4ccccc43)c2)cc1)c1ccc(-c2cccc3c2oc2ccccc23)cc1. The van der Waals surface area contributed by atoms with Gasteiger partial charge in [0.2, 0.25) is 0 Å². The van der Waals surface area contributed by atoms with E-state index < -0.39 is 0 Å².